The van der Waals surface area contributed by atoms with Gasteiger partial charge in [0.1, 0.15) is 11.7 Å². The van der Waals surface area contributed by atoms with Gasteiger partial charge in [-0.25, -0.2) is 0 Å². The second-order valence-corrected chi connectivity index (χ2v) is 5.12. The van der Waals surface area contributed by atoms with E-state index >= 15 is 0 Å². The Morgan fingerprint density at radius 2 is 1.89 bits per heavy atom. The minimum Gasteiger partial charge on any atom is -0.508 e. The van der Waals surface area contributed by atoms with Gasteiger partial charge in [-0.15, -0.1) is 0 Å². The van der Waals surface area contributed by atoms with Crippen molar-refractivity contribution in [3.63, 3.8) is 0 Å². The van der Waals surface area contributed by atoms with Gasteiger partial charge in [-0.1, -0.05) is 23.9 Å². The molecule has 1 aromatic carbocycles. The first-order valence-electron chi connectivity index (χ1n) is 5.43. The quantitative estimate of drug-likeness (QED) is 0.721. The van der Waals surface area contributed by atoms with Crippen LogP contribution in [0.1, 0.15) is 11.5 Å². The highest BCUT2D eigenvalue weighted by Gasteiger charge is 2.36. The van der Waals surface area contributed by atoms with Crippen molar-refractivity contribution in [3.8, 4) is 17.9 Å². The number of aromatic hydroxyl groups is 1. The molecule has 0 aliphatic carbocycles. The van der Waals surface area contributed by atoms with Gasteiger partial charge in [0.2, 0.25) is 0 Å². The van der Waals surface area contributed by atoms with Crippen LogP contribution in [0.15, 0.2) is 34.9 Å². The first-order chi connectivity index (χ1) is 9.08. The lowest BCUT2D eigenvalue weighted by atomic mass is 9.82. The molecule has 0 fully saturated rings. The highest BCUT2D eigenvalue weighted by atomic mass is 32.2. The maximum Gasteiger partial charge on any atom is 0.115 e. The molecular formula is C13H10N4OS. The standard InChI is InChI=1S/C13H10N4OS/c14-5-9-11(7-1-3-8(18)4-2-7)10(6-15)13(17)19-12(9)16/h1-4,9,11,16,18H,17H2/t9-,11+/m0/s1. The molecule has 0 saturated heterocycles. The number of nitriles is 2. The Bertz CT molecular complexity index is 636. The molecule has 0 aromatic heterocycles. The van der Waals surface area contributed by atoms with Crippen LogP contribution in [0.3, 0.4) is 0 Å². The van der Waals surface area contributed by atoms with E-state index in [1.807, 2.05) is 6.07 Å². The van der Waals surface area contributed by atoms with E-state index in [0.717, 1.165) is 11.8 Å². The van der Waals surface area contributed by atoms with E-state index in [0.29, 0.717) is 11.1 Å². The second-order valence-electron chi connectivity index (χ2n) is 4.03. The average molecular weight is 270 g/mol. The van der Waals surface area contributed by atoms with Gasteiger partial charge in [-0.05, 0) is 17.7 Å². The van der Waals surface area contributed by atoms with Crippen LogP contribution in [-0.2, 0) is 0 Å². The number of rotatable bonds is 1. The molecule has 4 N–H and O–H groups in total. The zero-order valence-electron chi connectivity index (χ0n) is 9.79. The molecule has 0 unspecified atom stereocenters. The number of nitrogens with two attached hydrogens (primary N) is 1. The summed E-state index contributed by atoms with van der Waals surface area (Å²) < 4.78 is 0. The number of phenols is 1. The third kappa shape index (κ3) is 2.26. The number of thioether (sulfide) groups is 1. The molecule has 5 nitrogen and oxygen atoms in total. The van der Waals surface area contributed by atoms with Crippen LogP contribution in [0, 0.1) is 34.0 Å². The molecule has 0 bridgehead atoms. The number of hydrogen-bond donors (Lipinski definition) is 3. The number of nitrogens with zero attached hydrogens (tertiary/aromatic N) is 2. The van der Waals surface area contributed by atoms with Crippen molar-refractivity contribution >= 4 is 16.8 Å². The van der Waals surface area contributed by atoms with Crippen LogP contribution in [0.4, 0.5) is 0 Å². The summed E-state index contributed by atoms with van der Waals surface area (Å²) in [5.41, 5.74) is 6.77. The third-order valence-electron chi connectivity index (χ3n) is 2.92. The molecule has 0 amide bonds. The van der Waals surface area contributed by atoms with E-state index < -0.39 is 11.8 Å². The SMILES string of the molecule is N#CC1=C(N)SC(=N)[C@@H](C#N)[C@H]1c1ccc(O)cc1. The molecule has 94 valence electrons. The predicted molar refractivity (Wildman–Crippen MR) is 72.1 cm³/mol. The van der Waals surface area contributed by atoms with Crippen LogP contribution >= 0.6 is 11.8 Å². The number of hydrogen-bond acceptors (Lipinski definition) is 6. The molecule has 1 aliphatic heterocycles. The van der Waals surface area contributed by atoms with Gasteiger partial charge in [0.25, 0.3) is 0 Å². The topological polar surface area (TPSA) is 118 Å². The fraction of sp³-hybridized carbons (Fsp3) is 0.154. The van der Waals surface area contributed by atoms with Crippen molar-refractivity contribution in [2.75, 3.05) is 0 Å². The fourth-order valence-corrected chi connectivity index (χ4v) is 2.84. The molecule has 0 radical (unpaired) electrons. The van der Waals surface area contributed by atoms with Crippen molar-refractivity contribution in [2.45, 2.75) is 5.92 Å². The highest BCUT2D eigenvalue weighted by molar-refractivity contribution is 8.17. The monoisotopic (exact) mass is 270 g/mol. The number of allylic oxidation sites excluding steroid dienone is 1. The van der Waals surface area contributed by atoms with Gasteiger partial charge in [0, 0.05) is 5.92 Å². The van der Waals surface area contributed by atoms with Crippen LogP contribution in [-0.4, -0.2) is 10.2 Å². The molecule has 1 aliphatic rings. The molecule has 1 heterocycles. The Hall–Kier alpha value is -2.44. The minimum absolute atomic E-state index is 0.105. The Balaban J connectivity index is 2.58. The van der Waals surface area contributed by atoms with Crippen LogP contribution < -0.4 is 5.73 Å². The van der Waals surface area contributed by atoms with Gasteiger partial charge in [0.05, 0.1) is 27.8 Å². The Morgan fingerprint density at radius 3 is 2.42 bits per heavy atom. The molecule has 6 heteroatoms. The van der Waals surface area contributed by atoms with E-state index in [2.05, 4.69) is 6.07 Å². The van der Waals surface area contributed by atoms with Crippen molar-refractivity contribution in [1.29, 1.82) is 15.9 Å². The van der Waals surface area contributed by atoms with Gasteiger partial charge in [0.15, 0.2) is 0 Å². The van der Waals surface area contributed by atoms with Crippen molar-refractivity contribution in [2.24, 2.45) is 11.7 Å². The molecule has 2 atom stereocenters. The smallest absolute Gasteiger partial charge is 0.115 e. The Morgan fingerprint density at radius 1 is 1.26 bits per heavy atom. The van der Waals surface area contributed by atoms with Crippen LogP contribution in [0.2, 0.25) is 0 Å². The van der Waals surface area contributed by atoms with E-state index in [1.165, 1.54) is 12.1 Å². The minimum atomic E-state index is -0.725. The maximum atomic E-state index is 9.29. The normalized spacial score (nSPS) is 22.7. The fourth-order valence-electron chi connectivity index (χ4n) is 2.01. The second kappa shape index (κ2) is 5.05. The van der Waals surface area contributed by atoms with E-state index in [4.69, 9.17) is 11.1 Å². The summed E-state index contributed by atoms with van der Waals surface area (Å²) in [4.78, 5) is 0. The van der Waals surface area contributed by atoms with Crippen molar-refractivity contribution in [3.05, 3.63) is 40.4 Å². The largest absolute Gasteiger partial charge is 0.508 e. The van der Waals surface area contributed by atoms with Gasteiger partial charge < -0.3 is 10.8 Å². The zero-order chi connectivity index (χ0) is 14.0. The molecule has 1 aromatic rings. The summed E-state index contributed by atoms with van der Waals surface area (Å²) in [5, 5.41) is 36.0. The summed E-state index contributed by atoms with van der Waals surface area (Å²) in [6.07, 6.45) is 0. The summed E-state index contributed by atoms with van der Waals surface area (Å²) >= 11 is 0.955. The molecular weight excluding hydrogens is 260 g/mol. The predicted octanol–water partition coefficient (Wildman–Crippen LogP) is 2.03. The summed E-state index contributed by atoms with van der Waals surface area (Å²) in [6.45, 7) is 0. The van der Waals surface area contributed by atoms with E-state index in [1.54, 1.807) is 12.1 Å². The maximum absolute atomic E-state index is 9.29. The first kappa shape index (κ1) is 13.0. The Kier molecular flexibility index (Phi) is 3.46. The molecule has 0 spiro atoms. The molecule has 2 rings (SSSR count). The average Bonchev–Trinajstić information content (AvgIpc) is 2.39. The zero-order valence-corrected chi connectivity index (χ0v) is 10.6. The first-order valence-corrected chi connectivity index (χ1v) is 6.24. The van der Waals surface area contributed by atoms with E-state index in [-0.39, 0.29) is 15.8 Å². The number of phenolic OH excluding ortho intramolecular Hbond substituents is 1. The lowest BCUT2D eigenvalue weighted by molar-refractivity contribution is 0.475. The molecule has 19 heavy (non-hydrogen) atoms. The van der Waals surface area contributed by atoms with Gasteiger partial charge in [-0.3, -0.25) is 5.41 Å². The summed E-state index contributed by atoms with van der Waals surface area (Å²) in [5.74, 6) is -1.17. The highest BCUT2D eigenvalue weighted by Crippen LogP contribution is 2.42. The number of benzene rings is 1. The van der Waals surface area contributed by atoms with Crippen molar-refractivity contribution in [1.82, 2.24) is 0 Å². The van der Waals surface area contributed by atoms with Crippen molar-refractivity contribution < 1.29 is 5.11 Å². The summed E-state index contributed by atoms with van der Waals surface area (Å²) in [7, 11) is 0. The lowest BCUT2D eigenvalue weighted by Crippen LogP contribution is -2.26. The lowest BCUT2D eigenvalue weighted by Gasteiger charge is -2.27. The molecule has 0 saturated carbocycles. The van der Waals surface area contributed by atoms with E-state index in [9.17, 15) is 15.6 Å². The third-order valence-corrected chi connectivity index (χ3v) is 3.84. The van der Waals surface area contributed by atoms with Gasteiger partial charge in [-0.2, -0.15) is 10.5 Å². The van der Waals surface area contributed by atoms with Gasteiger partial charge >= 0.3 is 0 Å². The summed E-state index contributed by atoms with van der Waals surface area (Å²) in [6, 6.07) is 10.3. The van der Waals surface area contributed by atoms with Crippen LogP contribution in [0.5, 0.6) is 5.75 Å². The Labute approximate surface area is 114 Å². The number of nitrogens with one attached hydrogen (secondary N) is 1. The van der Waals surface area contributed by atoms with Crippen LogP contribution in [0.25, 0.3) is 0 Å².